The van der Waals surface area contributed by atoms with Crippen molar-refractivity contribution in [2.45, 2.75) is 13.3 Å². The van der Waals surface area contributed by atoms with Crippen LogP contribution in [0.25, 0.3) is 22.4 Å². The lowest BCUT2D eigenvalue weighted by Gasteiger charge is -2.08. The number of rotatable bonds is 2. The summed E-state index contributed by atoms with van der Waals surface area (Å²) in [7, 11) is 0. The summed E-state index contributed by atoms with van der Waals surface area (Å²) in [6.07, 6.45) is -4.71. The van der Waals surface area contributed by atoms with Crippen LogP contribution in [0.2, 0.25) is 0 Å². The number of halogens is 3. The second-order valence-corrected chi connectivity index (χ2v) is 4.76. The normalized spacial score (nSPS) is 11.8. The Morgan fingerprint density at radius 1 is 1.09 bits per heavy atom. The van der Waals surface area contributed by atoms with Gasteiger partial charge in [-0.05, 0) is 43.3 Å². The Labute approximate surface area is 123 Å². The van der Waals surface area contributed by atoms with E-state index >= 15 is 0 Å². The second-order valence-electron chi connectivity index (χ2n) is 4.76. The van der Waals surface area contributed by atoms with Gasteiger partial charge in [0.05, 0.1) is 11.0 Å². The van der Waals surface area contributed by atoms with Gasteiger partial charge in [0.15, 0.2) is 0 Å². The van der Waals surface area contributed by atoms with Crippen molar-refractivity contribution in [3.8, 4) is 22.9 Å². The van der Waals surface area contributed by atoms with Crippen molar-refractivity contribution in [3.05, 3.63) is 42.0 Å². The minimum atomic E-state index is -4.71. The van der Waals surface area contributed by atoms with E-state index in [1.165, 1.54) is 24.3 Å². The maximum Gasteiger partial charge on any atom is 0.573 e. The number of aromatic nitrogens is 2. The van der Waals surface area contributed by atoms with Crippen LogP contribution in [0.15, 0.2) is 36.4 Å². The highest BCUT2D eigenvalue weighted by Gasteiger charge is 2.31. The Bertz CT molecular complexity index is 823. The number of H-pyrrole nitrogens is 1. The van der Waals surface area contributed by atoms with Gasteiger partial charge >= 0.3 is 6.36 Å². The van der Waals surface area contributed by atoms with Gasteiger partial charge < -0.3 is 14.8 Å². The maximum atomic E-state index is 12.1. The molecule has 0 aliphatic carbocycles. The van der Waals surface area contributed by atoms with Gasteiger partial charge in [-0.25, -0.2) is 4.98 Å². The Balaban J connectivity index is 1.96. The number of alkyl halides is 3. The van der Waals surface area contributed by atoms with Crippen LogP contribution in [-0.2, 0) is 0 Å². The van der Waals surface area contributed by atoms with E-state index in [0.717, 1.165) is 5.52 Å². The fraction of sp³-hybridized carbons (Fsp3) is 0.133. The van der Waals surface area contributed by atoms with Crippen LogP contribution in [0.5, 0.6) is 11.5 Å². The molecular formula is C15H11F3N2O2. The van der Waals surface area contributed by atoms with E-state index in [2.05, 4.69) is 14.7 Å². The molecule has 114 valence electrons. The standard InChI is InChI=1S/C15H11F3N2O2/c1-8-12(21)7-6-11-13(8)20-14(19-11)9-2-4-10(5-3-9)22-15(16,17)18/h2-7,21H,1H3,(H,19,20). The van der Waals surface area contributed by atoms with Crippen molar-refractivity contribution in [1.29, 1.82) is 0 Å². The highest BCUT2D eigenvalue weighted by molar-refractivity contribution is 5.84. The van der Waals surface area contributed by atoms with E-state index in [4.69, 9.17) is 0 Å². The number of aromatic amines is 1. The zero-order chi connectivity index (χ0) is 15.9. The molecule has 0 spiro atoms. The van der Waals surface area contributed by atoms with Crippen molar-refractivity contribution >= 4 is 11.0 Å². The van der Waals surface area contributed by atoms with Crippen molar-refractivity contribution in [2.75, 3.05) is 0 Å². The van der Waals surface area contributed by atoms with Gasteiger partial charge in [-0.1, -0.05) is 0 Å². The zero-order valence-corrected chi connectivity index (χ0v) is 11.4. The molecule has 4 nitrogen and oxygen atoms in total. The third-order valence-electron chi connectivity index (χ3n) is 3.24. The summed E-state index contributed by atoms with van der Waals surface area (Å²) in [6.45, 7) is 1.74. The molecule has 1 heterocycles. The molecule has 0 aliphatic rings. The average molecular weight is 308 g/mol. The fourth-order valence-corrected chi connectivity index (χ4v) is 2.15. The lowest BCUT2D eigenvalue weighted by atomic mass is 10.2. The molecule has 0 unspecified atom stereocenters. The summed E-state index contributed by atoms with van der Waals surface area (Å²) in [5.74, 6) is 0.350. The van der Waals surface area contributed by atoms with Gasteiger partial charge in [0.25, 0.3) is 0 Å². The summed E-state index contributed by atoms with van der Waals surface area (Å²) < 4.78 is 40.2. The molecule has 0 saturated carbocycles. The topological polar surface area (TPSA) is 58.1 Å². The average Bonchev–Trinajstić information content (AvgIpc) is 2.87. The van der Waals surface area contributed by atoms with E-state index in [9.17, 15) is 18.3 Å². The number of aromatic hydroxyl groups is 1. The molecule has 2 aromatic carbocycles. The van der Waals surface area contributed by atoms with Gasteiger partial charge in [0, 0.05) is 11.1 Å². The number of imidazole rings is 1. The van der Waals surface area contributed by atoms with E-state index in [-0.39, 0.29) is 11.5 Å². The van der Waals surface area contributed by atoms with Crippen LogP contribution in [-0.4, -0.2) is 21.4 Å². The molecule has 0 atom stereocenters. The lowest BCUT2D eigenvalue weighted by molar-refractivity contribution is -0.274. The second kappa shape index (κ2) is 4.94. The Hall–Kier alpha value is -2.70. The Kier molecular flexibility index (Phi) is 3.20. The van der Waals surface area contributed by atoms with E-state index in [1.807, 2.05) is 0 Å². The van der Waals surface area contributed by atoms with Gasteiger partial charge in [-0.2, -0.15) is 0 Å². The van der Waals surface area contributed by atoms with E-state index < -0.39 is 6.36 Å². The molecule has 0 saturated heterocycles. The van der Waals surface area contributed by atoms with Crippen LogP contribution in [0, 0.1) is 6.92 Å². The number of hydrogen-bond donors (Lipinski definition) is 2. The van der Waals surface area contributed by atoms with Crippen LogP contribution >= 0.6 is 0 Å². The smallest absolute Gasteiger partial charge is 0.508 e. The number of hydrogen-bond acceptors (Lipinski definition) is 3. The molecule has 7 heteroatoms. The molecule has 0 amide bonds. The first kappa shape index (κ1) is 14.2. The van der Waals surface area contributed by atoms with Crippen molar-refractivity contribution in [3.63, 3.8) is 0 Å². The monoisotopic (exact) mass is 308 g/mol. The highest BCUT2D eigenvalue weighted by atomic mass is 19.4. The molecule has 0 fully saturated rings. The van der Waals surface area contributed by atoms with Gasteiger partial charge in [-0.15, -0.1) is 13.2 Å². The number of ether oxygens (including phenoxy) is 1. The molecule has 3 aromatic rings. The maximum absolute atomic E-state index is 12.1. The predicted octanol–water partition coefficient (Wildman–Crippen LogP) is 4.14. The van der Waals surface area contributed by atoms with Gasteiger partial charge in [0.2, 0.25) is 0 Å². The number of nitrogens with zero attached hydrogens (tertiary/aromatic N) is 1. The van der Waals surface area contributed by atoms with Crippen LogP contribution < -0.4 is 4.74 Å². The fourth-order valence-electron chi connectivity index (χ4n) is 2.15. The predicted molar refractivity (Wildman–Crippen MR) is 74.6 cm³/mol. The minimum Gasteiger partial charge on any atom is -0.508 e. The third kappa shape index (κ3) is 2.69. The van der Waals surface area contributed by atoms with Crippen molar-refractivity contribution < 1.29 is 23.0 Å². The molecule has 0 bridgehead atoms. The van der Waals surface area contributed by atoms with Crippen LogP contribution in [0.3, 0.4) is 0 Å². The van der Waals surface area contributed by atoms with Crippen molar-refractivity contribution in [1.82, 2.24) is 9.97 Å². The summed E-state index contributed by atoms with van der Waals surface area (Å²) >= 11 is 0. The first-order valence-corrected chi connectivity index (χ1v) is 6.38. The zero-order valence-electron chi connectivity index (χ0n) is 11.4. The van der Waals surface area contributed by atoms with Crippen LogP contribution in [0.4, 0.5) is 13.2 Å². The van der Waals surface area contributed by atoms with Crippen molar-refractivity contribution in [2.24, 2.45) is 0 Å². The summed E-state index contributed by atoms with van der Waals surface area (Å²) in [6, 6.07) is 8.65. The minimum absolute atomic E-state index is 0.138. The molecule has 2 N–H and O–H groups in total. The third-order valence-corrected chi connectivity index (χ3v) is 3.24. The number of phenols is 1. The quantitative estimate of drug-likeness (QED) is 0.748. The number of fused-ring (bicyclic) bond motifs is 1. The number of nitrogens with one attached hydrogen (secondary N) is 1. The molecule has 3 rings (SSSR count). The lowest BCUT2D eigenvalue weighted by Crippen LogP contribution is -2.16. The molecule has 0 radical (unpaired) electrons. The number of phenolic OH excluding ortho intramolecular Hbond substituents is 1. The first-order valence-electron chi connectivity index (χ1n) is 6.38. The van der Waals surface area contributed by atoms with E-state index in [0.29, 0.717) is 22.5 Å². The Morgan fingerprint density at radius 2 is 1.77 bits per heavy atom. The van der Waals surface area contributed by atoms with Gasteiger partial charge in [-0.3, -0.25) is 0 Å². The van der Waals surface area contributed by atoms with Crippen LogP contribution in [0.1, 0.15) is 5.56 Å². The molecule has 0 aliphatic heterocycles. The summed E-state index contributed by atoms with van der Waals surface area (Å²) in [5, 5.41) is 9.66. The van der Waals surface area contributed by atoms with Gasteiger partial charge in [0.1, 0.15) is 17.3 Å². The Morgan fingerprint density at radius 3 is 2.41 bits per heavy atom. The SMILES string of the molecule is Cc1c(O)ccc2[nH]c(-c3ccc(OC(F)(F)F)cc3)nc12. The number of benzene rings is 2. The summed E-state index contributed by atoms with van der Waals surface area (Å²) in [4.78, 5) is 7.43. The van der Waals surface area contributed by atoms with E-state index in [1.54, 1.807) is 19.1 Å². The summed E-state index contributed by atoms with van der Waals surface area (Å²) in [5.41, 5.74) is 2.60. The molecule has 1 aromatic heterocycles. The molecular weight excluding hydrogens is 297 g/mol. The first-order chi connectivity index (χ1) is 10.3. The number of aryl methyl sites for hydroxylation is 1. The highest BCUT2D eigenvalue weighted by Crippen LogP contribution is 2.29. The molecule has 22 heavy (non-hydrogen) atoms. The largest absolute Gasteiger partial charge is 0.573 e.